The molecule has 8 heteroatoms. The van der Waals surface area contributed by atoms with Crippen LogP contribution >= 0.6 is 0 Å². The fourth-order valence-electron chi connectivity index (χ4n) is 2.65. The van der Waals surface area contributed by atoms with Gasteiger partial charge in [0.25, 0.3) is 0 Å². The number of hydrogen-bond acceptors (Lipinski definition) is 3. The molecule has 2 heterocycles. The molecule has 2 atom stereocenters. The maximum Gasteiger partial charge on any atom is 0.393 e. The third-order valence-electron chi connectivity index (χ3n) is 3.79. The Morgan fingerprint density at radius 1 is 1.52 bits per heavy atom. The van der Waals surface area contributed by atoms with E-state index in [0.29, 0.717) is 18.5 Å². The Morgan fingerprint density at radius 3 is 2.76 bits per heavy atom. The number of amides is 1. The maximum absolute atomic E-state index is 12.8. The first kappa shape index (κ1) is 15.8. The van der Waals surface area contributed by atoms with Gasteiger partial charge in [0.1, 0.15) is 6.04 Å². The van der Waals surface area contributed by atoms with Crippen molar-refractivity contribution in [2.75, 3.05) is 20.1 Å². The van der Waals surface area contributed by atoms with E-state index >= 15 is 0 Å². The van der Waals surface area contributed by atoms with Crippen molar-refractivity contribution >= 4 is 5.91 Å². The SMILES string of the molecule is CNC(C(=O)N1CCCC(C(F)(F)F)C1)c1cnn(C)c1. The van der Waals surface area contributed by atoms with Crippen LogP contribution in [0.5, 0.6) is 0 Å². The number of piperidine rings is 1. The zero-order valence-electron chi connectivity index (χ0n) is 12.0. The molecule has 0 saturated carbocycles. The van der Waals surface area contributed by atoms with Gasteiger partial charge in [0.2, 0.25) is 5.91 Å². The lowest BCUT2D eigenvalue weighted by Crippen LogP contribution is -2.48. The van der Waals surface area contributed by atoms with Crippen LogP contribution < -0.4 is 5.32 Å². The van der Waals surface area contributed by atoms with Gasteiger partial charge in [-0.3, -0.25) is 9.48 Å². The summed E-state index contributed by atoms with van der Waals surface area (Å²) in [5.74, 6) is -1.76. The predicted molar refractivity (Wildman–Crippen MR) is 70.4 cm³/mol. The normalized spacial score (nSPS) is 21.4. The van der Waals surface area contributed by atoms with Gasteiger partial charge in [-0.1, -0.05) is 0 Å². The Labute approximate surface area is 121 Å². The van der Waals surface area contributed by atoms with Crippen LogP contribution in [0.1, 0.15) is 24.4 Å². The number of aromatic nitrogens is 2. The number of hydrogen-bond donors (Lipinski definition) is 1. The molecular weight excluding hydrogens is 285 g/mol. The number of aryl methyl sites for hydroxylation is 1. The van der Waals surface area contributed by atoms with E-state index in [-0.39, 0.29) is 18.9 Å². The van der Waals surface area contributed by atoms with Crippen LogP contribution in [0, 0.1) is 5.92 Å². The molecule has 0 spiro atoms. The average Bonchev–Trinajstić information content (AvgIpc) is 2.85. The summed E-state index contributed by atoms with van der Waals surface area (Å²) in [5.41, 5.74) is 0.652. The summed E-state index contributed by atoms with van der Waals surface area (Å²) >= 11 is 0. The van der Waals surface area contributed by atoms with Crippen LogP contribution in [0.15, 0.2) is 12.4 Å². The number of carbonyl (C=O) groups excluding carboxylic acids is 1. The van der Waals surface area contributed by atoms with Crippen LogP contribution in [-0.2, 0) is 11.8 Å². The van der Waals surface area contributed by atoms with Crippen molar-refractivity contribution in [3.05, 3.63) is 18.0 Å². The van der Waals surface area contributed by atoms with Crippen molar-refractivity contribution in [1.29, 1.82) is 0 Å². The number of carbonyl (C=O) groups is 1. The predicted octanol–water partition coefficient (Wildman–Crippen LogP) is 1.48. The van der Waals surface area contributed by atoms with E-state index in [2.05, 4.69) is 10.4 Å². The summed E-state index contributed by atoms with van der Waals surface area (Å²) in [6, 6.07) is -0.661. The van der Waals surface area contributed by atoms with Crippen molar-refractivity contribution in [3.8, 4) is 0 Å². The number of rotatable bonds is 3. The van der Waals surface area contributed by atoms with Gasteiger partial charge in [-0.05, 0) is 19.9 Å². The summed E-state index contributed by atoms with van der Waals surface area (Å²) in [5, 5.41) is 6.85. The fourth-order valence-corrected chi connectivity index (χ4v) is 2.65. The summed E-state index contributed by atoms with van der Waals surface area (Å²) in [6.45, 7) is 0.102. The molecule has 0 bridgehead atoms. The molecule has 1 N–H and O–H groups in total. The topological polar surface area (TPSA) is 50.2 Å². The van der Waals surface area contributed by atoms with Gasteiger partial charge >= 0.3 is 6.18 Å². The number of nitrogens with zero attached hydrogens (tertiary/aromatic N) is 3. The molecule has 1 amide bonds. The highest BCUT2D eigenvalue weighted by molar-refractivity contribution is 5.83. The molecule has 1 aliphatic heterocycles. The van der Waals surface area contributed by atoms with Crippen LogP contribution in [0.2, 0.25) is 0 Å². The minimum atomic E-state index is -4.25. The molecule has 5 nitrogen and oxygen atoms in total. The van der Waals surface area contributed by atoms with Crippen LogP contribution in [-0.4, -0.2) is 46.9 Å². The van der Waals surface area contributed by atoms with Crippen molar-refractivity contribution < 1.29 is 18.0 Å². The van der Waals surface area contributed by atoms with E-state index in [4.69, 9.17) is 0 Å². The van der Waals surface area contributed by atoms with Crippen LogP contribution in [0.4, 0.5) is 13.2 Å². The van der Waals surface area contributed by atoms with Crippen LogP contribution in [0.25, 0.3) is 0 Å². The Balaban J connectivity index is 2.10. The lowest BCUT2D eigenvalue weighted by atomic mass is 9.96. The Hall–Kier alpha value is -1.57. The summed E-state index contributed by atoms with van der Waals surface area (Å²) in [6.07, 6.45) is -0.555. The zero-order valence-corrected chi connectivity index (χ0v) is 12.0. The van der Waals surface area contributed by atoms with Gasteiger partial charge in [0.05, 0.1) is 12.1 Å². The first-order chi connectivity index (χ1) is 9.82. The molecule has 0 radical (unpaired) electrons. The van der Waals surface area contributed by atoms with E-state index in [1.807, 2.05) is 0 Å². The summed E-state index contributed by atoms with van der Waals surface area (Å²) in [4.78, 5) is 13.8. The van der Waals surface area contributed by atoms with Crippen molar-refractivity contribution in [2.45, 2.75) is 25.1 Å². The van der Waals surface area contributed by atoms with Crippen LogP contribution in [0.3, 0.4) is 0 Å². The van der Waals surface area contributed by atoms with Crippen molar-refractivity contribution in [3.63, 3.8) is 0 Å². The largest absolute Gasteiger partial charge is 0.393 e. The number of halogens is 3. The second kappa shape index (κ2) is 6.05. The quantitative estimate of drug-likeness (QED) is 0.920. The molecule has 118 valence electrons. The Morgan fingerprint density at radius 2 is 2.24 bits per heavy atom. The van der Waals surface area contributed by atoms with Gasteiger partial charge in [-0.2, -0.15) is 18.3 Å². The van der Waals surface area contributed by atoms with E-state index in [1.165, 1.54) is 4.90 Å². The highest BCUT2D eigenvalue weighted by atomic mass is 19.4. The molecule has 1 fully saturated rings. The van der Waals surface area contributed by atoms with Gasteiger partial charge in [-0.15, -0.1) is 0 Å². The molecule has 1 aromatic rings. The van der Waals surface area contributed by atoms with Gasteiger partial charge in [0.15, 0.2) is 0 Å². The second-order valence-corrected chi connectivity index (χ2v) is 5.33. The van der Waals surface area contributed by atoms with Gasteiger partial charge < -0.3 is 10.2 Å². The van der Waals surface area contributed by atoms with Crippen molar-refractivity contribution in [1.82, 2.24) is 20.0 Å². The lowest BCUT2D eigenvalue weighted by molar-refractivity contribution is -0.188. The zero-order chi connectivity index (χ0) is 15.6. The van der Waals surface area contributed by atoms with E-state index in [0.717, 1.165) is 0 Å². The minimum Gasteiger partial charge on any atom is -0.340 e. The monoisotopic (exact) mass is 304 g/mol. The highest BCUT2D eigenvalue weighted by Crippen LogP contribution is 2.33. The standard InChI is InChI=1S/C13H19F3N4O/c1-17-11(9-6-18-19(2)7-9)12(21)20-5-3-4-10(8-20)13(14,15)16/h6-7,10-11,17H,3-5,8H2,1-2H3. The van der Waals surface area contributed by atoms with Crippen molar-refractivity contribution in [2.24, 2.45) is 13.0 Å². The maximum atomic E-state index is 12.8. The number of nitrogens with one attached hydrogen (secondary N) is 1. The molecule has 0 aromatic carbocycles. The molecule has 2 rings (SSSR count). The first-order valence-electron chi connectivity index (χ1n) is 6.84. The summed E-state index contributed by atoms with van der Waals surface area (Å²) in [7, 11) is 3.34. The van der Waals surface area contributed by atoms with E-state index in [9.17, 15) is 18.0 Å². The van der Waals surface area contributed by atoms with Gasteiger partial charge in [0, 0.05) is 31.9 Å². The molecular formula is C13H19F3N4O. The Kier molecular flexibility index (Phi) is 4.55. The first-order valence-corrected chi connectivity index (χ1v) is 6.84. The Bertz CT molecular complexity index is 500. The number of alkyl halides is 3. The summed E-state index contributed by atoms with van der Waals surface area (Å²) < 4.78 is 40.0. The molecule has 21 heavy (non-hydrogen) atoms. The smallest absolute Gasteiger partial charge is 0.340 e. The van der Waals surface area contributed by atoms with Gasteiger partial charge in [-0.25, -0.2) is 0 Å². The average molecular weight is 304 g/mol. The fraction of sp³-hybridized carbons (Fsp3) is 0.692. The molecule has 1 aromatic heterocycles. The van der Waals surface area contributed by atoms with E-state index < -0.39 is 18.1 Å². The molecule has 1 aliphatic rings. The highest BCUT2D eigenvalue weighted by Gasteiger charge is 2.43. The third kappa shape index (κ3) is 3.55. The lowest BCUT2D eigenvalue weighted by Gasteiger charge is -2.35. The molecule has 2 unspecified atom stereocenters. The molecule has 1 saturated heterocycles. The van der Waals surface area contributed by atoms with E-state index in [1.54, 1.807) is 31.2 Å². The number of likely N-dealkylation sites (tertiary alicyclic amines) is 1. The number of likely N-dealkylation sites (N-methyl/N-ethyl adjacent to an activating group) is 1. The third-order valence-corrected chi connectivity index (χ3v) is 3.79. The minimum absolute atomic E-state index is 0.0877. The second-order valence-electron chi connectivity index (χ2n) is 5.33. The molecule has 0 aliphatic carbocycles.